The summed E-state index contributed by atoms with van der Waals surface area (Å²) in [6.45, 7) is 0. The van der Waals surface area contributed by atoms with Crippen LogP contribution in [0.25, 0.3) is 5.52 Å². The fourth-order valence-corrected chi connectivity index (χ4v) is 1.91. The second-order valence-corrected chi connectivity index (χ2v) is 4.38. The molecule has 3 rings (SSSR count). The first kappa shape index (κ1) is 13.2. The number of anilines is 3. The number of benzene rings is 1. The molecule has 0 saturated heterocycles. The van der Waals surface area contributed by atoms with Crippen molar-refractivity contribution in [2.45, 2.75) is 6.18 Å². The number of nitrogens with zero attached hydrogens (tertiary/aromatic N) is 3. The van der Waals surface area contributed by atoms with Gasteiger partial charge in [-0.25, -0.2) is 9.50 Å². The van der Waals surface area contributed by atoms with Crippen molar-refractivity contribution >= 4 is 22.7 Å². The maximum absolute atomic E-state index is 12.7. The number of fused-ring (bicyclic) bond motifs is 1. The van der Waals surface area contributed by atoms with Crippen LogP contribution in [0.4, 0.5) is 30.4 Å². The average Bonchev–Trinajstić information content (AvgIpc) is 2.84. The molecule has 0 atom stereocenters. The largest absolute Gasteiger partial charge is 0.435 e. The number of rotatable bonds is 2. The molecule has 0 aliphatic rings. The third-order valence-electron chi connectivity index (χ3n) is 2.83. The maximum Gasteiger partial charge on any atom is 0.435 e. The first-order valence-corrected chi connectivity index (χ1v) is 5.97. The van der Waals surface area contributed by atoms with Crippen molar-refractivity contribution in [1.82, 2.24) is 14.6 Å². The molecular formula is C13H10F3N5. The van der Waals surface area contributed by atoms with Crippen LogP contribution in [0.2, 0.25) is 0 Å². The van der Waals surface area contributed by atoms with E-state index in [-0.39, 0.29) is 11.3 Å². The Bertz CT molecular complexity index is 794. The van der Waals surface area contributed by atoms with E-state index in [1.807, 2.05) is 0 Å². The first-order valence-electron chi connectivity index (χ1n) is 5.97. The first-order chi connectivity index (χ1) is 9.93. The van der Waals surface area contributed by atoms with Crippen LogP contribution in [0.5, 0.6) is 0 Å². The molecule has 2 heterocycles. The maximum atomic E-state index is 12.7. The van der Waals surface area contributed by atoms with Gasteiger partial charge in [0.25, 0.3) is 0 Å². The number of nitrogens with one attached hydrogen (secondary N) is 1. The zero-order valence-corrected chi connectivity index (χ0v) is 10.6. The van der Waals surface area contributed by atoms with Crippen LogP contribution in [-0.4, -0.2) is 14.6 Å². The summed E-state index contributed by atoms with van der Waals surface area (Å²) in [5, 5.41) is 6.42. The fourth-order valence-electron chi connectivity index (χ4n) is 1.91. The van der Waals surface area contributed by atoms with Crippen molar-refractivity contribution in [2.24, 2.45) is 0 Å². The molecule has 108 valence electrons. The molecule has 0 saturated carbocycles. The minimum Gasteiger partial charge on any atom is -0.399 e. The summed E-state index contributed by atoms with van der Waals surface area (Å²) < 4.78 is 39.2. The van der Waals surface area contributed by atoms with Crippen LogP contribution < -0.4 is 11.1 Å². The molecule has 0 spiro atoms. The van der Waals surface area contributed by atoms with Crippen molar-refractivity contribution in [1.29, 1.82) is 0 Å². The minimum absolute atomic E-state index is 0.229. The van der Waals surface area contributed by atoms with Crippen molar-refractivity contribution < 1.29 is 13.2 Å². The van der Waals surface area contributed by atoms with Gasteiger partial charge in [0.15, 0.2) is 11.5 Å². The van der Waals surface area contributed by atoms with Crippen LogP contribution in [-0.2, 0) is 6.18 Å². The quantitative estimate of drug-likeness (QED) is 0.712. The monoisotopic (exact) mass is 293 g/mol. The van der Waals surface area contributed by atoms with Gasteiger partial charge in [-0.05, 0) is 18.2 Å². The summed E-state index contributed by atoms with van der Waals surface area (Å²) in [4.78, 5) is 4.05. The van der Waals surface area contributed by atoms with Crippen LogP contribution in [0, 0.1) is 0 Å². The van der Waals surface area contributed by atoms with E-state index < -0.39 is 11.9 Å². The molecule has 0 bridgehead atoms. The van der Waals surface area contributed by atoms with E-state index >= 15 is 0 Å². The van der Waals surface area contributed by atoms with Crippen molar-refractivity contribution in [3.8, 4) is 0 Å². The predicted octanol–water partition coefficient (Wildman–Crippen LogP) is 3.07. The lowest BCUT2D eigenvalue weighted by Crippen LogP contribution is -2.05. The second kappa shape index (κ2) is 4.65. The van der Waals surface area contributed by atoms with Crippen LogP contribution >= 0.6 is 0 Å². The molecule has 2 aromatic heterocycles. The molecule has 21 heavy (non-hydrogen) atoms. The molecule has 0 radical (unpaired) electrons. The molecule has 0 aliphatic carbocycles. The Labute approximate surface area is 117 Å². The fraction of sp³-hybridized carbons (Fsp3) is 0.0769. The summed E-state index contributed by atoms with van der Waals surface area (Å²) in [5.74, 6) is 0.270. The van der Waals surface area contributed by atoms with Gasteiger partial charge in [-0.15, -0.1) is 0 Å². The Balaban J connectivity index is 2.04. The Morgan fingerprint density at radius 2 is 2.00 bits per heavy atom. The number of nitrogen functional groups attached to an aromatic ring is 1. The second-order valence-electron chi connectivity index (χ2n) is 4.38. The highest BCUT2D eigenvalue weighted by molar-refractivity contribution is 5.74. The molecule has 3 N–H and O–H groups in total. The summed E-state index contributed by atoms with van der Waals surface area (Å²) in [7, 11) is 0. The number of hydrogen-bond acceptors (Lipinski definition) is 4. The minimum atomic E-state index is -4.50. The van der Waals surface area contributed by atoms with Gasteiger partial charge in [0, 0.05) is 29.8 Å². The molecule has 0 amide bonds. The molecule has 0 unspecified atom stereocenters. The topological polar surface area (TPSA) is 68.2 Å². The van der Waals surface area contributed by atoms with Crippen molar-refractivity contribution in [3.63, 3.8) is 0 Å². The SMILES string of the molecule is Nc1cccc(Nc2nccn3nc(C(F)(F)F)cc23)c1. The Morgan fingerprint density at radius 3 is 2.71 bits per heavy atom. The Hall–Kier alpha value is -2.77. The summed E-state index contributed by atoms with van der Waals surface area (Å²) in [6, 6.07) is 7.78. The lowest BCUT2D eigenvalue weighted by atomic mass is 10.3. The van der Waals surface area contributed by atoms with E-state index in [1.165, 1.54) is 12.4 Å². The average molecular weight is 293 g/mol. The molecule has 8 heteroatoms. The molecule has 5 nitrogen and oxygen atoms in total. The molecule has 3 aromatic rings. The molecular weight excluding hydrogens is 283 g/mol. The number of nitrogens with two attached hydrogens (primary N) is 1. The molecule has 1 aromatic carbocycles. The highest BCUT2D eigenvalue weighted by Crippen LogP contribution is 2.30. The summed E-state index contributed by atoms with van der Waals surface area (Å²) >= 11 is 0. The zero-order valence-electron chi connectivity index (χ0n) is 10.6. The summed E-state index contributed by atoms with van der Waals surface area (Å²) in [6.07, 6.45) is -1.77. The molecule has 0 fully saturated rings. The lowest BCUT2D eigenvalue weighted by Gasteiger charge is -2.07. The smallest absolute Gasteiger partial charge is 0.399 e. The highest BCUT2D eigenvalue weighted by atomic mass is 19.4. The van der Waals surface area contributed by atoms with Gasteiger partial charge in [0.05, 0.1) is 0 Å². The van der Waals surface area contributed by atoms with E-state index in [4.69, 9.17) is 5.73 Å². The van der Waals surface area contributed by atoms with Gasteiger partial charge in [-0.3, -0.25) is 0 Å². The van der Waals surface area contributed by atoms with Gasteiger partial charge in [-0.2, -0.15) is 18.3 Å². The van der Waals surface area contributed by atoms with Gasteiger partial charge in [0.1, 0.15) is 5.52 Å². The summed E-state index contributed by atoms with van der Waals surface area (Å²) in [5.41, 5.74) is 6.09. The lowest BCUT2D eigenvalue weighted by molar-refractivity contribution is -0.141. The van der Waals surface area contributed by atoms with Gasteiger partial charge < -0.3 is 11.1 Å². The number of aromatic nitrogens is 3. The third-order valence-corrected chi connectivity index (χ3v) is 2.83. The Kier molecular flexibility index (Phi) is 2.93. The third kappa shape index (κ3) is 2.60. The highest BCUT2D eigenvalue weighted by Gasteiger charge is 2.34. The zero-order chi connectivity index (χ0) is 15.0. The standard InChI is InChI=1S/C13H10F3N5/c14-13(15,16)11-7-10-12(18-4-5-21(10)20-11)19-9-3-1-2-8(17)6-9/h1-7H,17H2,(H,18,19). The van der Waals surface area contributed by atoms with E-state index in [0.717, 1.165) is 10.6 Å². The van der Waals surface area contributed by atoms with Gasteiger partial charge in [-0.1, -0.05) is 6.07 Å². The number of alkyl halides is 3. The van der Waals surface area contributed by atoms with Crippen LogP contribution in [0.3, 0.4) is 0 Å². The number of hydrogen-bond donors (Lipinski definition) is 2. The van der Waals surface area contributed by atoms with Crippen LogP contribution in [0.15, 0.2) is 42.7 Å². The Morgan fingerprint density at radius 1 is 1.19 bits per heavy atom. The van der Waals surface area contributed by atoms with Crippen LogP contribution in [0.1, 0.15) is 5.69 Å². The van der Waals surface area contributed by atoms with E-state index in [1.54, 1.807) is 24.3 Å². The van der Waals surface area contributed by atoms with E-state index in [9.17, 15) is 13.2 Å². The number of halogens is 3. The van der Waals surface area contributed by atoms with E-state index in [2.05, 4.69) is 15.4 Å². The van der Waals surface area contributed by atoms with Gasteiger partial charge >= 0.3 is 6.18 Å². The van der Waals surface area contributed by atoms with Crippen molar-refractivity contribution in [3.05, 3.63) is 48.4 Å². The van der Waals surface area contributed by atoms with E-state index in [0.29, 0.717) is 11.4 Å². The normalized spacial score (nSPS) is 11.8. The molecule has 0 aliphatic heterocycles. The van der Waals surface area contributed by atoms with Crippen molar-refractivity contribution in [2.75, 3.05) is 11.1 Å². The van der Waals surface area contributed by atoms with Gasteiger partial charge in [0.2, 0.25) is 0 Å². The predicted molar refractivity (Wildman–Crippen MR) is 72.1 cm³/mol.